The van der Waals surface area contributed by atoms with Gasteiger partial charge in [-0.15, -0.1) is 0 Å². The van der Waals surface area contributed by atoms with Crippen LogP contribution in [0, 0.1) is 13.8 Å². The van der Waals surface area contributed by atoms with Gasteiger partial charge in [-0.25, -0.2) is 8.42 Å². The standard InChI is InChI=1S/C12H21N3O3S/c1-9-11(10(2)14(4)13-9)19(17,18)15-7-5-12(3,16)6-8-15/h16H,5-8H2,1-4H3. The number of piperidine rings is 1. The first kappa shape index (κ1) is 14.5. The van der Waals surface area contributed by atoms with Gasteiger partial charge in [0.15, 0.2) is 0 Å². The van der Waals surface area contributed by atoms with Gasteiger partial charge in [-0.3, -0.25) is 4.68 Å². The third-order valence-electron chi connectivity index (χ3n) is 3.84. The summed E-state index contributed by atoms with van der Waals surface area (Å²) in [5.74, 6) is 0. The maximum Gasteiger partial charge on any atom is 0.246 e. The number of aryl methyl sites for hydroxylation is 2. The van der Waals surface area contributed by atoms with Crippen LogP contribution in [0.1, 0.15) is 31.2 Å². The molecule has 1 N–H and O–H groups in total. The van der Waals surface area contributed by atoms with Crippen molar-refractivity contribution >= 4 is 10.0 Å². The number of hydrogen-bond acceptors (Lipinski definition) is 4. The summed E-state index contributed by atoms with van der Waals surface area (Å²) in [5, 5.41) is 14.1. The van der Waals surface area contributed by atoms with Gasteiger partial charge in [0, 0.05) is 20.1 Å². The molecule has 1 fully saturated rings. The fourth-order valence-corrected chi connectivity index (χ4v) is 4.31. The lowest BCUT2D eigenvalue weighted by atomic mass is 9.95. The Morgan fingerprint density at radius 2 is 1.79 bits per heavy atom. The van der Waals surface area contributed by atoms with Crippen LogP contribution in [0.2, 0.25) is 0 Å². The lowest BCUT2D eigenvalue weighted by molar-refractivity contribution is 0.0126. The molecule has 2 heterocycles. The van der Waals surface area contributed by atoms with E-state index in [9.17, 15) is 13.5 Å². The largest absolute Gasteiger partial charge is 0.390 e. The minimum Gasteiger partial charge on any atom is -0.390 e. The predicted molar refractivity (Wildman–Crippen MR) is 71.3 cm³/mol. The van der Waals surface area contributed by atoms with Crippen molar-refractivity contribution in [1.82, 2.24) is 14.1 Å². The highest BCUT2D eigenvalue weighted by molar-refractivity contribution is 7.89. The van der Waals surface area contributed by atoms with Gasteiger partial charge in [-0.05, 0) is 33.6 Å². The molecule has 108 valence electrons. The monoisotopic (exact) mass is 287 g/mol. The molecular formula is C12H21N3O3S. The zero-order valence-corrected chi connectivity index (χ0v) is 12.7. The zero-order chi connectivity index (χ0) is 14.4. The fraction of sp³-hybridized carbons (Fsp3) is 0.750. The van der Waals surface area contributed by atoms with Gasteiger partial charge in [0.2, 0.25) is 10.0 Å². The number of hydrogen-bond donors (Lipinski definition) is 1. The molecule has 7 heteroatoms. The minimum absolute atomic E-state index is 0.302. The highest BCUT2D eigenvalue weighted by atomic mass is 32.2. The van der Waals surface area contributed by atoms with Crippen molar-refractivity contribution in [3.63, 3.8) is 0 Å². The van der Waals surface area contributed by atoms with Crippen molar-refractivity contribution in [3.8, 4) is 0 Å². The van der Waals surface area contributed by atoms with E-state index in [1.165, 1.54) is 4.31 Å². The number of aliphatic hydroxyl groups is 1. The van der Waals surface area contributed by atoms with E-state index in [2.05, 4.69) is 5.10 Å². The Hall–Kier alpha value is -0.920. The first-order chi connectivity index (χ1) is 8.65. The molecule has 2 rings (SSSR count). The Balaban J connectivity index is 2.34. The summed E-state index contributed by atoms with van der Waals surface area (Å²) in [7, 11) is -1.78. The van der Waals surface area contributed by atoms with E-state index < -0.39 is 15.6 Å². The molecule has 0 unspecified atom stereocenters. The van der Waals surface area contributed by atoms with E-state index in [1.54, 1.807) is 32.5 Å². The van der Waals surface area contributed by atoms with Gasteiger partial charge in [-0.2, -0.15) is 9.40 Å². The summed E-state index contributed by atoms with van der Waals surface area (Å²) in [6.07, 6.45) is 0.926. The second-order valence-electron chi connectivity index (χ2n) is 5.52. The summed E-state index contributed by atoms with van der Waals surface area (Å²) in [4.78, 5) is 0.302. The van der Waals surface area contributed by atoms with Gasteiger partial charge in [0.1, 0.15) is 4.90 Å². The molecule has 0 aromatic carbocycles. The van der Waals surface area contributed by atoms with E-state index in [1.807, 2.05) is 0 Å². The van der Waals surface area contributed by atoms with E-state index in [4.69, 9.17) is 0 Å². The molecular weight excluding hydrogens is 266 g/mol. The molecule has 0 saturated carbocycles. The molecule has 0 amide bonds. The Labute approximate surface area is 114 Å². The number of rotatable bonds is 2. The average molecular weight is 287 g/mol. The molecule has 6 nitrogen and oxygen atoms in total. The maximum absolute atomic E-state index is 12.6. The lowest BCUT2D eigenvalue weighted by Gasteiger charge is -2.34. The summed E-state index contributed by atoms with van der Waals surface area (Å²) in [5.41, 5.74) is 0.414. The van der Waals surface area contributed by atoms with E-state index in [-0.39, 0.29) is 0 Å². The van der Waals surface area contributed by atoms with Crippen molar-refractivity contribution in [1.29, 1.82) is 0 Å². The Morgan fingerprint density at radius 1 is 1.26 bits per heavy atom. The van der Waals surface area contributed by atoms with Crippen molar-refractivity contribution < 1.29 is 13.5 Å². The normalized spacial score (nSPS) is 20.7. The van der Waals surface area contributed by atoms with Crippen LogP contribution >= 0.6 is 0 Å². The van der Waals surface area contributed by atoms with Crippen LogP contribution < -0.4 is 0 Å². The lowest BCUT2D eigenvalue weighted by Crippen LogP contribution is -2.45. The quantitative estimate of drug-likeness (QED) is 0.863. The number of sulfonamides is 1. The minimum atomic E-state index is -3.51. The molecule has 1 aliphatic rings. The summed E-state index contributed by atoms with van der Waals surface area (Å²) in [6, 6.07) is 0. The van der Waals surface area contributed by atoms with Crippen LogP contribution in [0.3, 0.4) is 0 Å². The van der Waals surface area contributed by atoms with E-state index >= 15 is 0 Å². The van der Waals surface area contributed by atoms with Gasteiger partial charge in [0.05, 0.1) is 17.0 Å². The summed E-state index contributed by atoms with van der Waals surface area (Å²) < 4.78 is 28.3. The van der Waals surface area contributed by atoms with Gasteiger partial charge >= 0.3 is 0 Å². The number of nitrogens with zero attached hydrogens (tertiary/aromatic N) is 3. The summed E-state index contributed by atoms with van der Waals surface area (Å²) in [6.45, 7) is 5.91. The van der Waals surface area contributed by atoms with Crippen molar-refractivity contribution in [2.75, 3.05) is 13.1 Å². The van der Waals surface area contributed by atoms with Crippen LogP contribution in [0.15, 0.2) is 4.90 Å². The van der Waals surface area contributed by atoms with Crippen LogP contribution in [-0.4, -0.2) is 46.3 Å². The van der Waals surface area contributed by atoms with Crippen molar-refractivity contribution in [2.45, 2.75) is 44.1 Å². The molecule has 19 heavy (non-hydrogen) atoms. The van der Waals surface area contributed by atoms with Crippen molar-refractivity contribution in [3.05, 3.63) is 11.4 Å². The topological polar surface area (TPSA) is 75.4 Å². The highest BCUT2D eigenvalue weighted by Gasteiger charge is 2.36. The maximum atomic E-state index is 12.6. The predicted octanol–water partition coefficient (Wildman–Crippen LogP) is 0.572. The first-order valence-electron chi connectivity index (χ1n) is 6.38. The SMILES string of the molecule is Cc1nn(C)c(C)c1S(=O)(=O)N1CCC(C)(O)CC1. The first-order valence-corrected chi connectivity index (χ1v) is 7.82. The second kappa shape index (κ2) is 4.57. The van der Waals surface area contributed by atoms with Crippen molar-refractivity contribution in [2.24, 2.45) is 7.05 Å². The Kier molecular flexibility index (Phi) is 3.49. The molecule has 0 aliphatic carbocycles. The smallest absolute Gasteiger partial charge is 0.246 e. The average Bonchev–Trinajstić information content (AvgIpc) is 2.52. The van der Waals surface area contributed by atoms with Crippen LogP contribution in [0.5, 0.6) is 0 Å². The number of aromatic nitrogens is 2. The molecule has 1 aromatic heterocycles. The molecule has 0 atom stereocenters. The Morgan fingerprint density at radius 3 is 2.21 bits per heavy atom. The van der Waals surface area contributed by atoms with Gasteiger partial charge in [-0.1, -0.05) is 0 Å². The summed E-state index contributed by atoms with van der Waals surface area (Å²) >= 11 is 0. The molecule has 0 spiro atoms. The van der Waals surface area contributed by atoms with E-state index in [0.29, 0.717) is 42.2 Å². The molecule has 1 aromatic rings. The van der Waals surface area contributed by atoms with Crippen LogP contribution in [0.25, 0.3) is 0 Å². The van der Waals surface area contributed by atoms with Gasteiger partial charge in [0.25, 0.3) is 0 Å². The fourth-order valence-electron chi connectivity index (χ4n) is 2.46. The van der Waals surface area contributed by atoms with Crippen LogP contribution in [0.4, 0.5) is 0 Å². The molecule has 1 saturated heterocycles. The molecule has 1 aliphatic heterocycles. The third-order valence-corrected chi connectivity index (χ3v) is 5.99. The van der Waals surface area contributed by atoms with E-state index in [0.717, 1.165) is 0 Å². The highest BCUT2D eigenvalue weighted by Crippen LogP contribution is 2.28. The van der Waals surface area contributed by atoms with Gasteiger partial charge < -0.3 is 5.11 Å². The van der Waals surface area contributed by atoms with Crippen LogP contribution in [-0.2, 0) is 17.1 Å². The molecule has 0 bridgehead atoms. The molecule has 0 radical (unpaired) electrons. The second-order valence-corrected chi connectivity index (χ2v) is 7.40. The third kappa shape index (κ3) is 2.54. The Bertz CT molecular complexity index is 580. The zero-order valence-electron chi connectivity index (χ0n) is 11.8.